The van der Waals surface area contributed by atoms with Crippen LogP contribution in [0.15, 0.2) is 0 Å². The number of hydrogen-bond acceptors (Lipinski definition) is 3. The van der Waals surface area contributed by atoms with Gasteiger partial charge in [0, 0.05) is 0 Å². The highest BCUT2D eigenvalue weighted by atomic mass is 32.1. The van der Waals surface area contributed by atoms with Crippen LogP contribution in [0.3, 0.4) is 0 Å². The molecule has 12 heavy (non-hydrogen) atoms. The van der Waals surface area contributed by atoms with Crippen LogP contribution in [-0.2, 0) is 17.4 Å². The average molecular weight is 207 g/mol. The molecule has 6 heteroatoms. The van der Waals surface area contributed by atoms with Gasteiger partial charge in [-0.05, 0) is 4.32 Å². The molecule has 0 bridgehead atoms. The van der Waals surface area contributed by atoms with Crippen molar-refractivity contribution in [1.82, 2.24) is 10.9 Å². The Balaban J connectivity index is 3.68. The number of nitrogens with one attached hydrogen (secondary N) is 2. The van der Waals surface area contributed by atoms with Crippen molar-refractivity contribution in [2.24, 2.45) is 0 Å². The molecule has 1 amide bonds. The highest BCUT2D eigenvalue weighted by Gasteiger charge is 2.12. The summed E-state index contributed by atoms with van der Waals surface area (Å²) in [5, 5.41) is 0. The molecule has 0 saturated heterocycles. The fourth-order valence-electron chi connectivity index (χ4n) is 0.591. The third-order valence-corrected chi connectivity index (χ3v) is 1.13. The van der Waals surface area contributed by atoms with Gasteiger partial charge >= 0.3 is 0 Å². The number of nitrogens with zero attached hydrogens (tertiary/aromatic N) is 1. The van der Waals surface area contributed by atoms with Gasteiger partial charge in [0.25, 0.3) is 5.91 Å². The Morgan fingerprint density at radius 3 is 2.25 bits per heavy atom. The van der Waals surface area contributed by atoms with Crippen LogP contribution in [0.25, 0.3) is 0 Å². The number of likely N-dealkylation sites (N-methyl/N-ethyl adjacent to an activating group) is 1. The first-order valence-corrected chi connectivity index (χ1v) is 4.19. The molecule has 0 fully saturated rings. The minimum Gasteiger partial charge on any atom is -0.410 e. The van der Waals surface area contributed by atoms with Crippen LogP contribution < -0.4 is 10.9 Å². The summed E-state index contributed by atoms with van der Waals surface area (Å²) in [6.07, 6.45) is 0. The second kappa shape index (κ2) is 4.54. The van der Waals surface area contributed by atoms with E-state index < -0.39 is 0 Å². The van der Waals surface area contributed by atoms with Crippen LogP contribution in [0, 0.1) is 0 Å². The van der Waals surface area contributed by atoms with Crippen LogP contribution in [0.4, 0.5) is 0 Å². The number of amides is 1. The maximum Gasteiger partial charge on any atom is 0.293 e. The Morgan fingerprint density at radius 1 is 1.42 bits per heavy atom. The van der Waals surface area contributed by atoms with Crippen LogP contribution in [-0.4, -0.2) is 42.4 Å². The lowest BCUT2D eigenvalue weighted by Gasteiger charge is -2.23. The number of hydrogen-bond donors (Lipinski definition) is 2. The van der Waals surface area contributed by atoms with Crippen LogP contribution in [0.1, 0.15) is 0 Å². The van der Waals surface area contributed by atoms with E-state index in [4.69, 9.17) is 0 Å². The van der Waals surface area contributed by atoms with E-state index in [0.717, 1.165) is 0 Å². The SMILES string of the molecule is C[N+](C)(C)CC(=O)NNC(=S)[S-]. The zero-order valence-corrected chi connectivity index (χ0v) is 9.01. The van der Waals surface area contributed by atoms with E-state index in [1.54, 1.807) is 0 Å². The summed E-state index contributed by atoms with van der Waals surface area (Å²) in [5.74, 6) is -0.130. The Hall–Kier alpha value is -0.460. The molecule has 0 aromatic carbocycles. The summed E-state index contributed by atoms with van der Waals surface area (Å²) < 4.78 is 0.710. The molecule has 70 valence electrons. The number of thiocarbonyl (C=S) groups is 1. The van der Waals surface area contributed by atoms with Crippen molar-refractivity contribution in [3.63, 3.8) is 0 Å². The highest BCUT2D eigenvalue weighted by Crippen LogP contribution is 1.86. The molecule has 4 nitrogen and oxygen atoms in total. The molecule has 0 spiro atoms. The summed E-state index contributed by atoms with van der Waals surface area (Å²) in [5.41, 5.74) is 4.79. The third-order valence-electron chi connectivity index (χ3n) is 0.922. The molecule has 2 N–H and O–H groups in total. The average Bonchev–Trinajstić information content (AvgIpc) is 1.79. The lowest BCUT2D eigenvalue weighted by molar-refractivity contribution is -0.862. The smallest absolute Gasteiger partial charge is 0.293 e. The first-order valence-electron chi connectivity index (χ1n) is 3.37. The van der Waals surface area contributed by atoms with Gasteiger partial charge in [0.1, 0.15) is 0 Å². The summed E-state index contributed by atoms with van der Waals surface area (Å²) in [6.45, 7) is 0.380. The van der Waals surface area contributed by atoms with Crippen LogP contribution >= 0.6 is 12.2 Å². The van der Waals surface area contributed by atoms with E-state index in [1.807, 2.05) is 21.1 Å². The monoisotopic (exact) mass is 207 g/mol. The molecule has 0 aromatic rings. The van der Waals surface area contributed by atoms with Gasteiger partial charge < -0.3 is 34.8 Å². The Bertz CT molecular complexity index is 188. The molecule has 0 aliphatic rings. The van der Waals surface area contributed by atoms with E-state index in [9.17, 15) is 4.79 Å². The minimum absolute atomic E-state index is 0.130. The van der Waals surface area contributed by atoms with Gasteiger partial charge in [-0.15, -0.1) is 0 Å². The molecular formula is C6H13N3OS2. The van der Waals surface area contributed by atoms with Gasteiger partial charge in [-0.3, -0.25) is 10.2 Å². The molecule has 0 atom stereocenters. The molecule has 0 rings (SSSR count). The standard InChI is InChI=1S/C6H13N3OS2/c1-9(2,3)4-5(10)7-8-6(11)12/h4H2,1-3H3,(H2-,7,8,10,11,12). The lowest BCUT2D eigenvalue weighted by atomic mass is 10.5. The minimum atomic E-state index is -0.130. The number of quaternary nitrogens is 1. The van der Waals surface area contributed by atoms with Gasteiger partial charge in [0.05, 0.1) is 21.1 Å². The maximum atomic E-state index is 11.1. The van der Waals surface area contributed by atoms with Crippen molar-refractivity contribution in [2.75, 3.05) is 27.7 Å². The van der Waals surface area contributed by atoms with Crippen molar-refractivity contribution in [3.05, 3.63) is 0 Å². The van der Waals surface area contributed by atoms with E-state index in [2.05, 4.69) is 35.7 Å². The van der Waals surface area contributed by atoms with Gasteiger partial charge in [0.15, 0.2) is 6.54 Å². The second-order valence-electron chi connectivity index (χ2n) is 3.41. The molecule has 0 saturated carbocycles. The molecule has 0 heterocycles. The molecule has 0 radical (unpaired) electrons. The normalized spacial score (nSPS) is 10.6. The fraction of sp³-hybridized carbons (Fsp3) is 0.667. The highest BCUT2D eigenvalue weighted by molar-refractivity contribution is 8.00. The van der Waals surface area contributed by atoms with Gasteiger partial charge in [-0.2, -0.15) is 0 Å². The quantitative estimate of drug-likeness (QED) is 0.268. The third kappa shape index (κ3) is 7.64. The van der Waals surface area contributed by atoms with E-state index >= 15 is 0 Å². The Kier molecular flexibility index (Phi) is 4.36. The lowest BCUT2D eigenvalue weighted by Crippen LogP contribution is -2.49. The number of rotatable bonds is 2. The maximum absolute atomic E-state index is 11.1. The molecule has 0 aliphatic carbocycles. The van der Waals surface area contributed by atoms with E-state index in [1.165, 1.54) is 0 Å². The molecule has 0 aromatic heterocycles. The van der Waals surface area contributed by atoms with Crippen LogP contribution in [0.2, 0.25) is 0 Å². The van der Waals surface area contributed by atoms with E-state index in [-0.39, 0.29) is 10.2 Å². The number of carbonyl (C=O) groups is 1. The number of hydrazine groups is 1. The zero-order valence-electron chi connectivity index (χ0n) is 7.38. The fourth-order valence-corrected chi connectivity index (χ4v) is 0.693. The summed E-state index contributed by atoms with van der Waals surface area (Å²) in [4.78, 5) is 11.1. The molecule has 0 unspecified atom stereocenters. The number of carbonyl (C=O) groups excluding carboxylic acids is 1. The largest absolute Gasteiger partial charge is 0.410 e. The summed E-state index contributed by atoms with van der Waals surface area (Å²) in [7, 11) is 5.77. The predicted molar refractivity (Wildman–Crippen MR) is 54.1 cm³/mol. The zero-order chi connectivity index (χ0) is 9.78. The topological polar surface area (TPSA) is 41.1 Å². The Morgan fingerprint density at radius 2 is 1.92 bits per heavy atom. The second-order valence-corrected chi connectivity index (χ2v) is 4.48. The first-order chi connectivity index (χ1) is 5.31. The van der Waals surface area contributed by atoms with Gasteiger partial charge in [0.2, 0.25) is 0 Å². The van der Waals surface area contributed by atoms with Crippen molar-refractivity contribution >= 4 is 35.1 Å². The summed E-state index contributed by atoms with van der Waals surface area (Å²) >= 11 is 9.08. The van der Waals surface area contributed by atoms with Crippen molar-refractivity contribution in [3.8, 4) is 0 Å². The van der Waals surface area contributed by atoms with Gasteiger partial charge in [-0.1, -0.05) is 0 Å². The summed E-state index contributed by atoms with van der Waals surface area (Å²) in [6, 6.07) is 0. The van der Waals surface area contributed by atoms with Crippen molar-refractivity contribution in [1.29, 1.82) is 0 Å². The molecular weight excluding hydrogens is 194 g/mol. The van der Waals surface area contributed by atoms with Gasteiger partial charge in [-0.25, -0.2) is 0 Å². The predicted octanol–water partition coefficient (Wildman–Crippen LogP) is -0.855. The van der Waals surface area contributed by atoms with Crippen molar-refractivity contribution < 1.29 is 9.28 Å². The van der Waals surface area contributed by atoms with Crippen LogP contribution in [0.5, 0.6) is 0 Å². The van der Waals surface area contributed by atoms with Crippen molar-refractivity contribution in [2.45, 2.75) is 0 Å². The van der Waals surface area contributed by atoms with E-state index in [0.29, 0.717) is 11.0 Å². The molecule has 0 aliphatic heterocycles. The first kappa shape index (κ1) is 11.5. The Labute approximate surface area is 83.3 Å².